The highest BCUT2D eigenvalue weighted by molar-refractivity contribution is 7.12. The summed E-state index contributed by atoms with van der Waals surface area (Å²) in [5.41, 5.74) is 2.58. The van der Waals surface area contributed by atoms with Crippen LogP contribution >= 0.6 is 22.9 Å². The van der Waals surface area contributed by atoms with Crippen molar-refractivity contribution in [1.29, 1.82) is 5.26 Å². The number of anilines is 1. The second kappa shape index (κ2) is 7.00. The maximum atomic E-state index is 8.82. The van der Waals surface area contributed by atoms with E-state index in [-0.39, 0.29) is 6.04 Å². The molecule has 0 amide bonds. The smallest absolute Gasteiger partial charge is 0.126 e. The van der Waals surface area contributed by atoms with Crippen molar-refractivity contribution in [3.05, 3.63) is 63.1 Å². The van der Waals surface area contributed by atoms with Crippen molar-refractivity contribution in [2.75, 3.05) is 5.32 Å². The molecule has 2 heterocycles. The first kappa shape index (κ1) is 16.4. The topological polar surface area (TPSA) is 61.6 Å². The normalized spacial score (nSPS) is 11.8. The van der Waals surface area contributed by atoms with Crippen molar-refractivity contribution < 1.29 is 0 Å². The molecule has 0 aliphatic heterocycles. The third-order valence-electron chi connectivity index (χ3n) is 3.56. The quantitative estimate of drug-likeness (QED) is 0.698. The molecule has 0 bridgehead atoms. The summed E-state index contributed by atoms with van der Waals surface area (Å²) in [6.45, 7) is 4.11. The molecule has 1 unspecified atom stereocenters. The molecule has 0 spiro atoms. The fourth-order valence-corrected chi connectivity index (χ4v) is 3.38. The third-order valence-corrected chi connectivity index (χ3v) is 4.96. The Morgan fingerprint density at radius 1 is 1.21 bits per heavy atom. The summed E-state index contributed by atoms with van der Waals surface area (Å²) in [5, 5.41) is 13.8. The molecule has 1 atom stereocenters. The summed E-state index contributed by atoms with van der Waals surface area (Å²) in [6, 6.07) is 13.3. The summed E-state index contributed by atoms with van der Waals surface area (Å²) in [7, 11) is 0. The van der Waals surface area contributed by atoms with Gasteiger partial charge in [-0.05, 0) is 38.1 Å². The van der Waals surface area contributed by atoms with Crippen LogP contribution in [0.25, 0.3) is 11.3 Å². The number of rotatable bonds is 4. The van der Waals surface area contributed by atoms with Gasteiger partial charge in [-0.2, -0.15) is 5.26 Å². The number of hydrogen-bond acceptors (Lipinski definition) is 5. The SMILES string of the molecule is Cc1sc(C(C)Nc2ccc(C#N)cn2)nc1-c1ccc(Cl)cc1. The standard InChI is InChI=1S/C18H15ClN4S/c1-11(22-16-8-3-13(9-20)10-21-16)18-23-17(12(2)24-18)14-4-6-15(19)7-5-14/h3-8,10-11H,1-2H3,(H,21,22). The number of nitrogens with zero attached hydrogens (tertiary/aromatic N) is 3. The minimum absolute atomic E-state index is 0.0233. The molecule has 0 aliphatic carbocycles. The first-order valence-corrected chi connectivity index (χ1v) is 8.62. The van der Waals surface area contributed by atoms with Crippen molar-refractivity contribution in [2.24, 2.45) is 0 Å². The second-order valence-electron chi connectivity index (χ2n) is 5.37. The monoisotopic (exact) mass is 354 g/mol. The van der Waals surface area contributed by atoms with Crippen molar-refractivity contribution >= 4 is 28.8 Å². The first-order chi connectivity index (χ1) is 11.6. The van der Waals surface area contributed by atoms with Crippen LogP contribution in [0.2, 0.25) is 5.02 Å². The molecule has 24 heavy (non-hydrogen) atoms. The molecule has 0 radical (unpaired) electrons. The van der Waals surface area contributed by atoms with Crippen LogP contribution in [0.3, 0.4) is 0 Å². The van der Waals surface area contributed by atoms with Gasteiger partial charge in [-0.15, -0.1) is 11.3 Å². The molecular weight excluding hydrogens is 340 g/mol. The number of halogens is 1. The molecule has 1 aromatic carbocycles. The number of aryl methyl sites for hydroxylation is 1. The minimum Gasteiger partial charge on any atom is -0.361 e. The van der Waals surface area contributed by atoms with Crippen LogP contribution in [0.1, 0.15) is 28.4 Å². The lowest BCUT2D eigenvalue weighted by Gasteiger charge is -2.11. The van der Waals surface area contributed by atoms with E-state index in [1.165, 1.54) is 0 Å². The summed E-state index contributed by atoms with van der Waals surface area (Å²) in [5.74, 6) is 0.724. The van der Waals surface area contributed by atoms with Gasteiger partial charge in [0.1, 0.15) is 16.9 Å². The predicted octanol–water partition coefficient (Wildman–Crippen LogP) is 5.21. The van der Waals surface area contributed by atoms with Crippen molar-refractivity contribution in [2.45, 2.75) is 19.9 Å². The van der Waals surface area contributed by atoms with Crippen LogP contribution in [-0.2, 0) is 0 Å². The van der Waals surface area contributed by atoms with Gasteiger partial charge in [0.25, 0.3) is 0 Å². The zero-order valence-corrected chi connectivity index (χ0v) is 14.8. The molecule has 6 heteroatoms. The lowest BCUT2D eigenvalue weighted by atomic mass is 10.1. The van der Waals surface area contributed by atoms with Crippen LogP contribution in [0.4, 0.5) is 5.82 Å². The summed E-state index contributed by atoms with van der Waals surface area (Å²) in [4.78, 5) is 10.2. The van der Waals surface area contributed by atoms with Gasteiger partial charge in [-0.3, -0.25) is 0 Å². The number of hydrogen-bond donors (Lipinski definition) is 1. The zero-order chi connectivity index (χ0) is 17.1. The van der Waals surface area contributed by atoms with Gasteiger partial charge in [0.05, 0.1) is 17.3 Å². The summed E-state index contributed by atoms with van der Waals surface area (Å²) < 4.78 is 0. The number of thiazole rings is 1. The van der Waals surface area contributed by atoms with Crippen molar-refractivity contribution in [3.8, 4) is 17.3 Å². The fourth-order valence-electron chi connectivity index (χ4n) is 2.31. The molecule has 2 aromatic heterocycles. The van der Waals surface area contributed by atoms with Gasteiger partial charge in [0, 0.05) is 21.7 Å². The molecule has 1 N–H and O–H groups in total. The molecular formula is C18H15ClN4S. The average Bonchev–Trinajstić information content (AvgIpc) is 2.98. The van der Waals surface area contributed by atoms with Crippen LogP contribution in [-0.4, -0.2) is 9.97 Å². The van der Waals surface area contributed by atoms with E-state index in [9.17, 15) is 0 Å². The largest absolute Gasteiger partial charge is 0.361 e. The summed E-state index contributed by atoms with van der Waals surface area (Å²) >= 11 is 7.61. The number of nitriles is 1. The average molecular weight is 355 g/mol. The van der Waals surface area contributed by atoms with E-state index in [1.807, 2.05) is 31.2 Å². The Balaban J connectivity index is 1.80. The van der Waals surface area contributed by atoms with E-state index in [2.05, 4.69) is 23.3 Å². The molecule has 0 saturated carbocycles. The number of aromatic nitrogens is 2. The molecule has 0 fully saturated rings. The van der Waals surface area contributed by atoms with Gasteiger partial charge >= 0.3 is 0 Å². The molecule has 0 aliphatic rings. The second-order valence-corrected chi connectivity index (χ2v) is 7.04. The van der Waals surface area contributed by atoms with E-state index in [0.29, 0.717) is 10.6 Å². The maximum Gasteiger partial charge on any atom is 0.126 e. The van der Waals surface area contributed by atoms with Gasteiger partial charge in [0.2, 0.25) is 0 Å². The molecule has 4 nitrogen and oxygen atoms in total. The fraction of sp³-hybridized carbons (Fsp3) is 0.167. The Kier molecular flexibility index (Phi) is 4.79. The Morgan fingerprint density at radius 3 is 2.58 bits per heavy atom. The van der Waals surface area contributed by atoms with Crippen LogP contribution in [0.15, 0.2) is 42.6 Å². The highest BCUT2D eigenvalue weighted by Gasteiger charge is 2.15. The Morgan fingerprint density at radius 2 is 1.96 bits per heavy atom. The third kappa shape index (κ3) is 3.56. The highest BCUT2D eigenvalue weighted by atomic mass is 35.5. The lowest BCUT2D eigenvalue weighted by Crippen LogP contribution is -2.07. The van der Waals surface area contributed by atoms with Crippen LogP contribution in [0, 0.1) is 18.3 Å². The molecule has 120 valence electrons. The van der Waals surface area contributed by atoms with E-state index in [1.54, 1.807) is 29.7 Å². The van der Waals surface area contributed by atoms with Gasteiger partial charge < -0.3 is 5.32 Å². The van der Waals surface area contributed by atoms with Gasteiger partial charge in [-0.25, -0.2) is 9.97 Å². The summed E-state index contributed by atoms with van der Waals surface area (Å²) in [6.07, 6.45) is 1.56. The van der Waals surface area contributed by atoms with Crippen molar-refractivity contribution in [1.82, 2.24) is 9.97 Å². The van der Waals surface area contributed by atoms with E-state index < -0.39 is 0 Å². The van der Waals surface area contributed by atoms with E-state index in [0.717, 1.165) is 27.0 Å². The Hall–Kier alpha value is -2.42. The number of nitrogens with one attached hydrogen (secondary N) is 1. The Bertz CT molecular complexity index is 879. The predicted molar refractivity (Wildman–Crippen MR) is 98.3 cm³/mol. The molecule has 3 rings (SSSR count). The minimum atomic E-state index is 0.0233. The van der Waals surface area contributed by atoms with Crippen LogP contribution < -0.4 is 5.32 Å². The van der Waals surface area contributed by atoms with Crippen LogP contribution in [0.5, 0.6) is 0 Å². The first-order valence-electron chi connectivity index (χ1n) is 7.43. The van der Waals surface area contributed by atoms with Gasteiger partial charge in [0.15, 0.2) is 0 Å². The lowest BCUT2D eigenvalue weighted by molar-refractivity contribution is 0.861. The molecule has 3 aromatic rings. The van der Waals surface area contributed by atoms with Crippen molar-refractivity contribution in [3.63, 3.8) is 0 Å². The molecule has 0 saturated heterocycles. The highest BCUT2D eigenvalue weighted by Crippen LogP contribution is 2.32. The van der Waals surface area contributed by atoms with Gasteiger partial charge in [-0.1, -0.05) is 23.7 Å². The number of pyridine rings is 1. The Labute approximate surface area is 149 Å². The van der Waals surface area contributed by atoms with E-state index in [4.69, 9.17) is 21.8 Å². The van der Waals surface area contributed by atoms with E-state index >= 15 is 0 Å². The maximum absolute atomic E-state index is 8.82. The zero-order valence-electron chi connectivity index (χ0n) is 13.2. The number of benzene rings is 1.